The van der Waals surface area contributed by atoms with Gasteiger partial charge in [0.25, 0.3) is 5.91 Å². The van der Waals surface area contributed by atoms with Crippen molar-refractivity contribution in [1.82, 2.24) is 16.0 Å². The lowest BCUT2D eigenvalue weighted by molar-refractivity contribution is 0.0837. The van der Waals surface area contributed by atoms with Crippen LogP contribution in [0.1, 0.15) is 10.4 Å². The summed E-state index contributed by atoms with van der Waals surface area (Å²) >= 11 is 4.35. The summed E-state index contributed by atoms with van der Waals surface area (Å²) in [6.07, 6.45) is 1.70. The van der Waals surface area contributed by atoms with Gasteiger partial charge in [0.2, 0.25) is 0 Å². The number of hydrogen-bond acceptors (Lipinski definition) is 5. The summed E-state index contributed by atoms with van der Waals surface area (Å²) in [4.78, 5) is 12.3. The Hall–Kier alpha value is -2.60. The fraction of sp³-hybridized carbons (Fsp3) is 0. The number of nitrogens with zero attached hydrogens (tertiary/aromatic N) is 2. The Kier molecular flexibility index (Phi) is 3.70. The Morgan fingerprint density at radius 2 is 1.62 bits per heavy atom. The first-order chi connectivity index (χ1) is 10.3. The molecule has 1 heterocycles. The van der Waals surface area contributed by atoms with Gasteiger partial charge < -0.3 is 0 Å². The van der Waals surface area contributed by atoms with E-state index in [-0.39, 0.29) is 5.91 Å². The van der Waals surface area contributed by atoms with E-state index in [9.17, 15) is 4.79 Å². The van der Waals surface area contributed by atoms with Crippen LogP contribution in [0.15, 0.2) is 71.9 Å². The SMILES string of the molecule is O=C(NN1C(S)=CNN1c1ccccc1)c1ccccc1. The smallest absolute Gasteiger partial charge is 0.271 e. The lowest BCUT2D eigenvalue weighted by Crippen LogP contribution is -2.52. The largest absolute Gasteiger partial charge is 0.282 e. The highest BCUT2D eigenvalue weighted by Crippen LogP contribution is 2.21. The first kappa shape index (κ1) is 13.4. The molecule has 1 aliphatic rings. The zero-order valence-electron chi connectivity index (χ0n) is 11.1. The van der Waals surface area contributed by atoms with Crippen LogP contribution in [0.4, 0.5) is 5.69 Å². The molecule has 2 N–H and O–H groups in total. The van der Waals surface area contributed by atoms with Crippen LogP contribution in [0.2, 0.25) is 0 Å². The maximum absolute atomic E-state index is 12.3. The van der Waals surface area contributed by atoms with Crippen LogP contribution < -0.4 is 16.0 Å². The van der Waals surface area contributed by atoms with Crippen molar-refractivity contribution in [1.29, 1.82) is 0 Å². The van der Waals surface area contributed by atoms with Crippen LogP contribution in [0.25, 0.3) is 0 Å². The maximum atomic E-state index is 12.3. The number of hydrazine groups is 3. The minimum Gasteiger partial charge on any atom is -0.282 e. The lowest BCUT2D eigenvalue weighted by Gasteiger charge is -2.31. The quantitative estimate of drug-likeness (QED) is 0.761. The molecule has 0 fully saturated rings. The molecule has 21 heavy (non-hydrogen) atoms. The third-order valence-electron chi connectivity index (χ3n) is 2.98. The number of rotatable bonds is 3. The Labute approximate surface area is 128 Å². The molecule has 0 saturated heterocycles. The van der Waals surface area contributed by atoms with Gasteiger partial charge in [-0.25, -0.2) is 5.43 Å². The van der Waals surface area contributed by atoms with Crippen molar-refractivity contribution >= 4 is 24.2 Å². The minimum atomic E-state index is -0.208. The van der Waals surface area contributed by atoms with Gasteiger partial charge >= 0.3 is 0 Å². The Morgan fingerprint density at radius 3 is 2.29 bits per heavy atom. The molecule has 0 saturated carbocycles. The van der Waals surface area contributed by atoms with E-state index in [0.29, 0.717) is 10.6 Å². The summed E-state index contributed by atoms with van der Waals surface area (Å²) in [6, 6.07) is 18.7. The van der Waals surface area contributed by atoms with Gasteiger partial charge in [-0.2, -0.15) is 10.2 Å². The second-order valence-corrected chi connectivity index (χ2v) is 4.86. The molecule has 0 aromatic heterocycles. The summed E-state index contributed by atoms with van der Waals surface area (Å²) in [5, 5.41) is 3.83. The number of anilines is 1. The molecule has 106 valence electrons. The van der Waals surface area contributed by atoms with Crippen molar-refractivity contribution in [2.24, 2.45) is 0 Å². The number of carbonyl (C=O) groups is 1. The summed E-state index contributed by atoms with van der Waals surface area (Å²) in [5.41, 5.74) is 7.31. The van der Waals surface area contributed by atoms with Gasteiger partial charge in [-0.15, -0.1) is 12.6 Å². The number of thiol groups is 1. The van der Waals surface area contributed by atoms with Crippen molar-refractivity contribution < 1.29 is 4.79 Å². The van der Waals surface area contributed by atoms with E-state index < -0.39 is 0 Å². The van der Waals surface area contributed by atoms with Gasteiger partial charge in [0.05, 0.1) is 11.9 Å². The fourth-order valence-electron chi connectivity index (χ4n) is 1.96. The van der Waals surface area contributed by atoms with Crippen LogP contribution in [-0.2, 0) is 0 Å². The first-order valence-electron chi connectivity index (χ1n) is 6.42. The molecule has 5 nitrogen and oxygen atoms in total. The van der Waals surface area contributed by atoms with E-state index in [1.54, 1.807) is 28.6 Å². The zero-order chi connectivity index (χ0) is 14.7. The van der Waals surface area contributed by atoms with Crippen LogP contribution in [0.5, 0.6) is 0 Å². The van der Waals surface area contributed by atoms with E-state index in [1.807, 2.05) is 48.5 Å². The average Bonchev–Trinajstić information content (AvgIpc) is 2.90. The Morgan fingerprint density at radius 1 is 1.00 bits per heavy atom. The van der Waals surface area contributed by atoms with Crippen LogP contribution in [-0.4, -0.2) is 11.0 Å². The Balaban J connectivity index is 1.79. The molecule has 0 spiro atoms. The van der Waals surface area contributed by atoms with Gasteiger partial charge in [-0.05, 0) is 24.3 Å². The van der Waals surface area contributed by atoms with E-state index in [2.05, 4.69) is 23.5 Å². The summed E-state index contributed by atoms with van der Waals surface area (Å²) in [6.45, 7) is 0. The van der Waals surface area contributed by atoms with Crippen molar-refractivity contribution in [2.45, 2.75) is 0 Å². The zero-order valence-corrected chi connectivity index (χ0v) is 12.0. The first-order valence-corrected chi connectivity index (χ1v) is 6.87. The number of para-hydroxylation sites is 1. The predicted molar refractivity (Wildman–Crippen MR) is 84.9 cm³/mol. The Bertz CT molecular complexity index is 660. The molecule has 2 aromatic carbocycles. The number of amides is 1. The highest BCUT2D eigenvalue weighted by molar-refractivity contribution is 7.84. The number of nitrogens with one attached hydrogen (secondary N) is 2. The molecule has 0 unspecified atom stereocenters. The van der Waals surface area contributed by atoms with Gasteiger partial charge in [0.15, 0.2) is 0 Å². The van der Waals surface area contributed by atoms with Gasteiger partial charge in [0, 0.05) is 5.56 Å². The molecular weight excluding hydrogens is 284 g/mol. The number of benzene rings is 2. The third-order valence-corrected chi connectivity index (χ3v) is 3.30. The molecule has 1 amide bonds. The molecule has 0 bridgehead atoms. The second-order valence-electron chi connectivity index (χ2n) is 4.40. The predicted octanol–water partition coefficient (Wildman–Crippen LogP) is 2.30. The number of hydrogen-bond donors (Lipinski definition) is 3. The van der Waals surface area contributed by atoms with E-state index in [0.717, 1.165) is 5.69 Å². The van der Waals surface area contributed by atoms with Crippen molar-refractivity contribution in [3.8, 4) is 0 Å². The van der Waals surface area contributed by atoms with Crippen molar-refractivity contribution in [2.75, 3.05) is 5.12 Å². The van der Waals surface area contributed by atoms with Crippen molar-refractivity contribution in [3.05, 3.63) is 77.5 Å². The number of carbonyl (C=O) groups excluding carboxylic acids is 1. The molecule has 3 rings (SSSR count). The second kappa shape index (κ2) is 5.80. The van der Waals surface area contributed by atoms with E-state index >= 15 is 0 Å². The minimum absolute atomic E-state index is 0.208. The van der Waals surface area contributed by atoms with Gasteiger partial charge in [-0.1, -0.05) is 36.4 Å². The lowest BCUT2D eigenvalue weighted by atomic mass is 10.2. The molecule has 0 radical (unpaired) electrons. The molecule has 6 heteroatoms. The third kappa shape index (κ3) is 2.80. The standard InChI is InChI=1S/C15H14N4OS/c20-15(12-7-3-1-4-8-12)17-19-14(21)11-16-18(19)13-9-5-2-6-10-13/h1-11,16,21H,(H,17,20). The monoisotopic (exact) mass is 298 g/mol. The van der Waals surface area contributed by atoms with Crippen molar-refractivity contribution in [3.63, 3.8) is 0 Å². The summed E-state index contributed by atoms with van der Waals surface area (Å²) in [5.74, 6) is -0.208. The van der Waals surface area contributed by atoms with Crippen LogP contribution >= 0.6 is 12.6 Å². The van der Waals surface area contributed by atoms with Crippen LogP contribution in [0, 0.1) is 0 Å². The maximum Gasteiger partial charge on any atom is 0.271 e. The topological polar surface area (TPSA) is 47.6 Å². The average molecular weight is 298 g/mol. The van der Waals surface area contributed by atoms with Gasteiger partial charge in [-0.3, -0.25) is 10.2 Å². The molecule has 1 aliphatic heterocycles. The van der Waals surface area contributed by atoms with Gasteiger partial charge in [0.1, 0.15) is 5.03 Å². The molecule has 0 atom stereocenters. The normalized spacial score (nSPS) is 13.7. The fourth-order valence-corrected chi connectivity index (χ4v) is 2.15. The molecule has 0 aliphatic carbocycles. The van der Waals surface area contributed by atoms with Crippen LogP contribution in [0.3, 0.4) is 0 Å². The summed E-state index contributed by atoms with van der Waals surface area (Å²) in [7, 11) is 0. The molecular formula is C15H14N4OS. The highest BCUT2D eigenvalue weighted by Gasteiger charge is 2.24. The van der Waals surface area contributed by atoms with E-state index in [4.69, 9.17) is 0 Å². The summed E-state index contributed by atoms with van der Waals surface area (Å²) < 4.78 is 0. The molecule has 2 aromatic rings. The highest BCUT2D eigenvalue weighted by atomic mass is 32.1. The van der Waals surface area contributed by atoms with E-state index in [1.165, 1.54) is 0 Å².